The normalized spacial score (nSPS) is 11.7. The summed E-state index contributed by atoms with van der Waals surface area (Å²) in [6.45, 7) is 3.59. The molecule has 9 heteroatoms. The molecular weight excluding hydrogens is 390 g/mol. The first kappa shape index (κ1) is 18.9. The molecule has 0 saturated carbocycles. The molecule has 4 aromatic rings. The second-order valence-corrected chi connectivity index (χ2v) is 8.41. The number of sulfonamides is 1. The van der Waals surface area contributed by atoms with Crippen LogP contribution in [0, 0.1) is 13.8 Å². The van der Waals surface area contributed by atoms with Crippen molar-refractivity contribution in [2.75, 3.05) is 0 Å². The highest BCUT2D eigenvalue weighted by Gasteiger charge is 2.24. The van der Waals surface area contributed by atoms with Crippen LogP contribution < -0.4 is 4.72 Å². The van der Waals surface area contributed by atoms with Crippen molar-refractivity contribution in [1.82, 2.24) is 24.1 Å². The number of hydrogen-bond acceptors (Lipinski definition) is 5. The number of carbonyl (C=O) groups excluding carboxylic acids is 1. The molecule has 1 aromatic carbocycles. The Morgan fingerprint density at radius 3 is 2.66 bits per heavy atom. The predicted octanol–water partition coefficient (Wildman–Crippen LogP) is 2.49. The summed E-state index contributed by atoms with van der Waals surface area (Å²) in [5, 5.41) is 5.53. The van der Waals surface area contributed by atoms with E-state index in [9.17, 15) is 13.2 Å². The summed E-state index contributed by atoms with van der Waals surface area (Å²) in [5.74, 6) is -0.0303. The highest BCUT2D eigenvalue weighted by Crippen LogP contribution is 2.23. The summed E-state index contributed by atoms with van der Waals surface area (Å²) < 4.78 is 31.5. The van der Waals surface area contributed by atoms with Gasteiger partial charge in [-0.1, -0.05) is 12.1 Å². The lowest BCUT2D eigenvalue weighted by Gasteiger charge is -2.10. The number of nitrogens with zero attached hydrogens (tertiary/aromatic N) is 4. The molecule has 0 bridgehead atoms. The van der Waals surface area contributed by atoms with Gasteiger partial charge in [0.25, 0.3) is 15.9 Å². The molecule has 0 fully saturated rings. The Labute approximate surface area is 167 Å². The Balaban J connectivity index is 1.71. The van der Waals surface area contributed by atoms with Gasteiger partial charge in [-0.2, -0.15) is 5.10 Å². The monoisotopic (exact) mass is 409 g/mol. The molecule has 8 nitrogen and oxygen atoms in total. The van der Waals surface area contributed by atoms with Crippen LogP contribution in [0.15, 0.2) is 59.9 Å². The van der Waals surface area contributed by atoms with Crippen LogP contribution in [0.2, 0.25) is 0 Å². The van der Waals surface area contributed by atoms with E-state index in [1.165, 1.54) is 12.3 Å². The maximum atomic E-state index is 12.9. The standard InChI is InChI=1S/C20H19N5O3S/c1-13-11-17(14(2)25(13)19-8-10-24(3)22-19)20(26)23-29(27,28)18-6-4-5-15-12-21-9-7-16(15)18/h4-12H,1-3H3,(H,23,26). The molecule has 0 unspecified atom stereocenters. The Hall–Kier alpha value is -3.46. The quantitative estimate of drug-likeness (QED) is 0.558. The van der Waals surface area contributed by atoms with Crippen LogP contribution in [0.5, 0.6) is 0 Å². The number of amides is 1. The van der Waals surface area contributed by atoms with Crippen molar-refractivity contribution < 1.29 is 13.2 Å². The summed E-state index contributed by atoms with van der Waals surface area (Å²) in [6.07, 6.45) is 4.90. The Morgan fingerprint density at radius 1 is 1.14 bits per heavy atom. The molecule has 1 N–H and O–H groups in total. The van der Waals surface area contributed by atoms with E-state index in [-0.39, 0.29) is 10.5 Å². The van der Waals surface area contributed by atoms with E-state index in [1.807, 2.05) is 17.6 Å². The van der Waals surface area contributed by atoms with Crippen LogP contribution in [0.4, 0.5) is 0 Å². The molecule has 3 heterocycles. The second kappa shape index (κ2) is 6.85. The van der Waals surface area contributed by atoms with Gasteiger partial charge in [-0.05, 0) is 32.0 Å². The van der Waals surface area contributed by atoms with E-state index in [0.29, 0.717) is 22.3 Å². The third-order valence-corrected chi connectivity index (χ3v) is 6.15. The van der Waals surface area contributed by atoms with Crippen LogP contribution in [0.3, 0.4) is 0 Å². The summed E-state index contributed by atoms with van der Waals surface area (Å²) in [4.78, 5) is 16.9. The van der Waals surface area contributed by atoms with Gasteiger partial charge in [0.2, 0.25) is 0 Å². The van der Waals surface area contributed by atoms with Gasteiger partial charge in [0, 0.05) is 53.9 Å². The summed E-state index contributed by atoms with van der Waals surface area (Å²) >= 11 is 0. The molecule has 29 heavy (non-hydrogen) atoms. The van der Waals surface area contributed by atoms with Gasteiger partial charge in [-0.3, -0.25) is 14.5 Å². The molecule has 148 valence electrons. The molecule has 0 aliphatic heterocycles. The van der Waals surface area contributed by atoms with E-state index in [4.69, 9.17) is 0 Å². The minimum absolute atomic E-state index is 0.0317. The minimum atomic E-state index is -4.07. The predicted molar refractivity (Wildman–Crippen MR) is 108 cm³/mol. The van der Waals surface area contributed by atoms with E-state index in [0.717, 1.165) is 5.69 Å². The molecule has 0 saturated heterocycles. The number of rotatable bonds is 4. The van der Waals surface area contributed by atoms with Crippen molar-refractivity contribution in [2.45, 2.75) is 18.7 Å². The number of pyridine rings is 1. The third-order valence-electron chi connectivity index (χ3n) is 4.76. The van der Waals surface area contributed by atoms with Crippen LogP contribution in [-0.2, 0) is 17.1 Å². The van der Waals surface area contributed by atoms with Crippen molar-refractivity contribution in [3.8, 4) is 5.82 Å². The number of carbonyl (C=O) groups is 1. The second-order valence-electron chi connectivity index (χ2n) is 6.76. The largest absolute Gasteiger partial charge is 0.301 e. The first-order chi connectivity index (χ1) is 13.8. The smallest absolute Gasteiger partial charge is 0.266 e. The summed E-state index contributed by atoms with van der Waals surface area (Å²) in [6, 6.07) is 9.94. The molecule has 0 radical (unpaired) electrons. The van der Waals surface area contributed by atoms with Gasteiger partial charge >= 0.3 is 0 Å². The van der Waals surface area contributed by atoms with E-state index in [2.05, 4.69) is 14.8 Å². The molecule has 0 aliphatic carbocycles. The van der Waals surface area contributed by atoms with Gasteiger partial charge in [-0.25, -0.2) is 13.1 Å². The number of hydrogen-bond donors (Lipinski definition) is 1. The highest BCUT2D eigenvalue weighted by molar-refractivity contribution is 7.90. The zero-order valence-electron chi connectivity index (χ0n) is 16.1. The van der Waals surface area contributed by atoms with Gasteiger partial charge in [0.05, 0.1) is 10.5 Å². The van der Waals surface area contributed by atoms with Gasteiger partial charge < -0.3 is 4.57 Å². The molecular formula is C20H19N5O3S. The number of nitrogens with one attached hydrogen (secondary N) is 1. The number of aryl methyl sites for hydroxylation is 2. The summed E-state index contributed by atoms with van der Waals surface area (Å²) in [5.41, 5.74) is 1.66. The van der Waals surface area contributed by atoms with E-state index >= 15 is 0 Å². The number of benzene rings is 1. The van der Waals surface area contributed by atoms with Crippen molar-refractivity contribution in [3.63, 3.8) is 0 Å². The molecule has 1 amide bonds. The maximum absolute atomic E-state index is 12.9. The fourth-order valence-corrected chi connectivity index (χ4v) is 4.62. The van der Waals surface area contributed by atoms with Crippen LogP contribution in [0.25, 0.3) is 16.6 Å². The fraction of sp³-hybridized carbons (Fsp3) is 0.150. The average Bonchev–Trinajstić information content (AvgIpc) is 3.23. The Bertz CT molecular complexity index is 1350. The van der Waals surface area contributed by atoms with Gasteiger partial charge in [0.15, 0.2) is 5.82 Å². The average molecular weight is 409 g/mol. The first-order valence-corrected chi connectivity index (χ1v) is 10.3. The molecule has 0 spiro atoms. The van der Waals surface area contributed by atoms with Crippen LogP contribution >= 0.6 is 0 Å². The summed E-state index contributed by atoms with van der Waals surface area (Å²) in [7, 11) is -2.27. The lowest BCUT2D eigenvalue weighted by atomic mass is 10.2. The number of fused-ring (bicyclic) bond motifs is 1. The lowest BCUT2D eigenvalue weighted by Crippen LogP contribution is -2.31. The Morgan fingerprint density at radius 2 is 1.93 bits per heavy atom. The van der Waals surface area contributed by atoms with Crippen molar-refractivity contribution >= 4 is 26.7 Å². The van der Waals surface area contributed by atoms with Crippen molar-refractivity contribution in [1.29, 1.82) is 0 Å². The third kappa shape index (κ3) is 3.29. The molecule has 0 atom stereocenters. The zero-order chi connectivity index (χ0) is 20.8. The van der Waals surface area contributed by atoms with Crippen LogP contribution in [-0.4, -0.2) is 33.7 Å². The number of aromatic nitrogens is 4. The van der Waals surface area contributed by atoms with E-state index < -0.39 is 15.9 Å². The SMILES string of the molecule is Cc1cc(C(=O)NS(=O)(=O)c2cccc3cnccc23)c(C)n1-c1ccn(C)n1. The van der Waals surface area contributed by atoms with Crippen molar-refractivity contribution in [2.24, 2.45) is 7.05 Å². The lowest BCUT2D eigenvalue weighted by molar-refractivity contribution is 0.0981. The maximum Gasteiger partial charge on any atom is 0.266 e. The minimum Gasteiger partial charge on any atom is -0.301 e. The highest BCUT2D eigenvalue weighted by atomic mass is 32.2. The molecule has 3 aromatic heterocycles. The Kier molecular flexibility index (Phi) is 4.46. The fourth-order valence-electron chi connectivity index (χ4n) is 3.43. The topological polar surface area (TPSA) is 98.9 Å². The first-order valence-electron chi connectivity index (χ1n) is 8.87. The van der Waals surface area contributed by atoms with Gasteiger partial charge in [0.1, 0.15) is 0 Å². The molecule has 0 aliphatic rings. The zero-order valence-corrected chi connectivity index (χ0v) is 16.9. The van der Waals surface area contributed by atoms with Gasteiger partial charge in [-0.15, -0.1) is 0 Å². The van der Waals surface area contributed by atoms with Crippen LogP contribution in [0.1, 0.15) is 21.7 Å². The molecule has 4 rings (SSSR count). The van der Waals surface area contributed by atoms with Crippen molar-refractivity contribution in [3.05, 3.63) is 71.9 Å². The van der Waals surface area contributed by atoms with E-state index in [1.54, 1.807) is 55.3 Å².